The molecule has 1 aliphatic carbocycles. The molecule has 0 aromatic heterocycles. The molecule has 2 heteroatoms. The van der Waals surface area contributed by atoms with Crippen LogP contribution in [0.2, 0.25) is 0 Å². The van der Waals surface area contributed by atoms with E-state index in [1.54, 1.807) is 0 Å². The van der Waals surface area contributed by atoms with Gasteiger partial charge in [0.05, 0.1) is 13.0 Å². The van der Waals surface area contributed by atoms with Crippen LogP contribution >= 0.6 is 0 Å². The van der Waals surface area contributed by atoms with Crippen molar-refractivity contribution >= 4 is 11.5 Å². The van der Waals surface area contributed by atoms with Crippen molar-refractivity contribution in [2.75, 3.05) is 7.11 Å². The molecular formula is C15H18O2. The minimum absolute atomic E-state index is 0.0428. The van der Waals surface area contributed by atoms with Gasteiger partial charge in [-0.1, -0.05) is 36.4 Å². The van der Waals surface area contributed by atoms with Crippen molar-refractivity contribution in [1.29, 1.82) is 0 Å². The molecule has 90 valence electrons. The predicted molar refractivity (Wildman–Crippen MR) is 68.4 cm³/mol. The van der Waals surface area contributed by atoms with Crippen LogP contribution in [0.3, 0.4) is 0 Å². The molecule has 2 nitrogen and oxygen atoms in total. The van der Waals surface area contributed by atoms with Crippen LogP contribution in [0.5, 0.6) is 0 Å². The maximum atomic E-state index is 11.5. The maximum absolute atomic E-state index is 11.5. The Morgan fingerprint density at radius 3 is 2.76 bits per heavy atom. The Morgan fingerprint density at radius 2 is 2.06 bits per heavy atom. The summed E-state index contributed by atoms with van der Waals surface area (Å²) < 4.78 is 4.82. The molecule has 0 aliphatic heterocycles. The number of hydrogen-bond acceptors (Lipinski definition) is 2. The average Bonchev–Trinajstić information content (AvgIpc) is 2.64. The molecule has 1 aromatic rings. The topological polar surface area (TPSA) is 26.3 Å². The van der Waals surface area contributed by atoms with E-state index in [9.17, 15) is 4.79 Å². The lowest BCUT2D eigenvalue weighted by Crippen LogP contribution is -2.14. The lowest BCUT2D eigenvalue weighted by atomic mass is 10.0. The third-order valence-electron chi connectivity index (χ3n) is 3.33. The summed E-state index contributed by atoms with van der Waals surface area (Å²) in [4.78, 5) is 11.5. The van der Waals surface area contributed by atoms with Crippen LogP contribution in [-0.4, -0.2) is 13.1 Å². The number of esters is 1. The van der Waals surface area contributed by atoms with Crippen LogP contribution in [0.15, 0.2) is 36.4 Å². The summed E-state index contributed by atoms with van der Waals surface area (Å²) >= 11 is 0. The Labute approximate surface area is 102 Å². The van der Waals surface area contributed by atoms with Crippen LogP contribution in [0.4, 0.5) is 0 Å². The lowest BCUT2D eigenvalue weighted by molar-refractivity contribution is -0.145. The second-order valence-electron chi connectivity index (χ2n) is 4.44. The van der Waals surface area contributed by atoms with Crippen molar-refractivity contribution in [2.45, 2.75) is 25.7 Å². The maximum Gasteiger partial charge on any atom is 0.308 e. The summed E-state index contributed by atoms with van der Waals surface area (Å²) in [5.41, 5.74) is 2.63. The number of ether oxygens (including phenoxy) is 1. The van der Waals surface area contributed by atoms with Crippen LogP contribution in [0, 0.1) is 5.92 Å². The standard InChI is InChI=1S/C15H18O2/c1-17-15(16)14-9-5-8-13(10-11-14)12-6-3-2-4-7-12/h2-4,6-7,10,14H,5,8-9,11H2,1H3. The fourth-order valence-corrected chi connectivity index (χ4v) is 2.34. The third-order valence-corrected chi connectivity index (χ3v) is 3.33. The van der Waals surface area contributed by atoms with Gasteiger partial charge >= 0.3 is 5.97 Å². The van der Waals surface area contributed by atoms with Gasteiger partial charge in [0.25, 0.3) is 0 Å². The van der Waals surface area contributed by atoms with Gasteiger partial charge < -0.3 is 4.74 Å². The van der Waals surface area contributed by atoms with Crippen molar-refractivity contribution in [3.05, 3.63) is 42.0 Å². The molecule has 1 aliphatic rings. The molecule has 0 saturated heterocycles. The highest BCUT2D eigenvalue weighted by Crippen LogP contribution is 2.29. The molecule has 1 aromatic carbocycles. The highest BCUT2D eigenvalue weighted by atomic mass is 16.5. The van der Waals surface area contributed by atoms with Crippen LogP contribution < -0.4 is 0 Å². The first-order valence-electron chi connectivity index (χ1n) is 6.13. The second kappa shape index (κ2) is 5.67. The van der Waals surface area contributed by atoms with Gasteiger partial charge in [-0.3, -0.25) is 4.79 Å². The van der Waals surface area contributed by atoms with E-state index in [4.69, 9.17) is 4.74 Å². The van der Waals surface area contributed by atoms with Gasteiger partial charge in [0.2, 0.25) is 0 Å². The minimum atomic E-state index is -0.0736. The Hall–Kier alpha value is -1.57. The van der Waals surface area contributed by atoms with Gasteiger partial charge in [-0.15, -0.1) is 0 Å². The van der Waals surface area contributed by atoms with Gasteiger partial charge in [0.1, 0.15) is 0 Å². The quantitative estimate of drug-likeness (QED) is 0.727. The Kier molecular flexibility index (Phi) is 3.97. The highest BCUT2D eigenvalue weighted by Gasteiger charge is 2.20. The zero-order valence-corrected chi connectivity index (χ0v) is 10.2. The molecular weight excluding hydrogens is 212 g/mol. The normalized spacial score (nSPS) is 20.3. The molecule has 1 unspecified atom stereocenters. The van der Waals surface area contributed by atoms with E-state index in [0.29, 0.717) is 0 Å². The predicted octanol–water partition coefficient (Wildman–Crippen LogP) is 3.43. The third kappa shape index (κ3) is 2.96. The molecule has 2 rings (SSSR count). The van der Waals surface area contributed by atoms with E-state index >= 15 is 0 Å². The molecule has 0 amide bonds. The Balaban J connectivity index is 2.11. The summed E-state index contributed by atoms with van der Waals surface area (Å²) in [6.45, 7) is 0. The summed E-state index contributed by atoms with van der Waals surface area (Å²) in [5, 5.41) is 0. The Bertz CT molecular complexity index is 406. The van der Waals surface area contributed by atoms with Gasteiger partial charge in [-0.2, -0.15) is 0 Å². The average molecular weight is 230 g/mol. The molecule has 0 fully saturated rings. The molecule has 0 radical (unpaired) electrons. The second-order valence-corrected chi connectivity index (χ2v) is 4.44. The van der Waals surface area contributed by atoms with E-state index in [1.807, 2.05) is 6.07 Å². The number of allylic oxidation sites excluding steroid dienone is 2. The van der Waals surface area contributed by atoms with Crippen molar-refractivity contribution < 1.29 is 9.53 Å². The number of methoxy groups -OCH3 is 1. The first kappa shape index (κ1) is 11.9. The fraction of sp³-hybridized carbons (Fsp3) is 0.400. The number of carbonyl (C=O) groups is 1. The molecule has 0 saturated carbocycles. The van der Waals surface area contributed by atoms with Gasteiger partial charge in [-0.05, 0) is 36.8 Å². The van der Waals surface area contributed by atoms with Crippen LogP contribution in [-0.2, 0) is 9.53 Å². The van der Waals surface area contributed by atoms with E-state index in [2.05, 4.69) is 30.3 Å². The molecule has 0 heterocycles. The fourth-order valence-electron chi connectivity index (χ4n) is 2.34. The van der Waals surface area contributed by atoms with Crippen LogP contribution in [0.25, 0.3) is 5.57 Å². The summed E-state index contributed by atoms with van der Waals surface area (Å²) in [7, 11) is 1.47. The zero-order valence-electron chi connectivity index (χ0n) is 10.2. The molecule has 0 bridgehead atoms. The molecule has 1 atom stereocenters. The summed E-state index contributed by atoms with van der Waals surface area (Å²) in [5.74, 6) is -0.0308. The SMILES string of the molecule is COC(=O)C1CC=C(c2ccccc2)CCC1. The summed E-state index contributed by atoms with van der Waals surface area (Å²) in [6.07, 6.45) is 6.04. The van der Waals surface area contributed by atoms with E-state index < -0.39 is 0 Å². The molecule has 0 spiro atoms. The van der Waals surface area contributed by atoms with E-state index in [0.717, 1.165) is 25.7 Å². The largest absolute Gasteiger partial charge is 0.469 e. The van der Waals surface area contributed by atoms with Crippen molar-refractivity contribution in [2.24, 2.45) is 5.92 Å². The first-order valence-corrected chi connectivity index (χ1v) is 6.13. The van der Waals surface area contributed by atoms with Crippen molar-refractivity contribution in [1.82, 2.24) is 0 Å². The monoisotopic (exact) mass is 230 g/mol. The number of hydrogen-bond donors (Lipinski definition) is 0. The van der Waals surface area contributed by atoms with Gasteiger partial charge in [0.15, 0.2) is 0 Å². The molecule has 0 N–H and O–H groups in total. The smallest absolute Gasteiger partial charge is 0.308 e. The highest BCUT2D eigenvalue weighted by molar-refractivity contribution is 5.74. The van der Waals surface area contributed by atoms with Crippen molar-refractivity contribution in [3.63, 3.8) is 0 Å². The minimum Gasteiger partial charge on any atom is -0.469 e. The number of carbonyl (C=O) groups excluding carboxylic acids is 1. The zero-order chi connectivity index (χ0) is 12.1. The molecule has 17 heavy (non-hydrogen) atoms. The number of rotatable bonds is 2. The van der Waals surface area contributed by atoms with E-state index in [-0.39, 0.29) is 11.9 Å². The summed E-state index contributed by atoms with van der Waals surface area (Å²) in [6, 6.07) is 10.4. The van der Waals surface area contributed by atoms with Gasteiger partial charge in [0, 0.05) is 0 Å². The number of benzene rings is 1. The van der Waals surface area contributed by atoms with Crippen molar-refractivity contribution in [3.8, 4) is 0 Å². The van der Waals surface area contributed by atoms with Crippen LogP contribution in [0.1, 0.15) is 31.2 Å². The lowest BCUT2D eigenvalue weighted by Gasteiger charge is -2.09. The first-order chi connectivity index (χ1) is 8.31. The van der Waals surface area contributed by atoms with Gasteiger partial charge in [-0.25, -0.2) is 0 Å². The van der Waals surface area contributed by atoms with E-state index in [1.165, 1.54) is 18.2 Å². The Morgan fingerprint density at radius 1 is 1.29 bits per heavy atom.